The highest BCUT2D eigenvalue weighted by Gasteiger charge is 2.23. The molecule has 19 rings (SSSR count). The molecule has 9 aromatic heterocycles. The number of likely N-dealkylation sites (tertiary alicyclic amines) is 2. The normalized spacial score (nSPS) is 12.2. The lowest BCUT2D eigenvalue weighted by molar-refractivity contribution is -0.387. The number of imidazole rings is 4. The summed E-state index contributed by atoms with van der Waals surface area (Å²) in [5, 5.41) is 34.5. The Labute approximate surface area is 819 Å². The summed E-state index contributed by atoms with van der Waals surface area (Å²) in [6, 6.07) is 61.4. The molecule has 3 aliphatic heterocycles. The number of piperidine rings is 3. The summed E-state index contributed by atoms with van der Waals surface area (Å²) in [5.74, 6) is -1.70. The second kappa shape index (κ2) is 52.9. The minimum atomic E-state index is -1.43. The Morgan fingerprint density at radius 3 is 1.38 bits per heavy atom. The quantitative estimate of drug-likeness (QED) is 0.0168. The van der Waals surface area contributed by atoms with Crippen molar-refractivity contribution in [2.45, 2.75) is 72.6 Å². The van der Waals surface area contributed by atoms with E-state index in [9.17, 15) is 43.3 Å². The number of benzene rings is 7. The largest absolute Gasteiger partial charge is 0.497 e. The van der Waals surface area contributed by atoms with Crippen LogP contribution in [0.15, 0.2) is 274 Å². The number of carbonyl (C=O) groups excluding carboxylic acids is 6. The van der Waals surface area contributed by atoms with E-state index in [2.05, 4.69) is 66.6 Å². The molecule has 2 amide bonds. The number of nitro benzene ring substituents is 1. The summed E-state index contributed by atoms with van der Waals surface area (Å²) in [6.07, 6.45) is 29.2. The molecule has 0 saturated carbocycles. The van der Waals surface area contributed by atoms with Gasteiger partial charge in [0, 0.05) is 135 Å². The molecule has 3 aliphatic rings. The van der Waals surface area contributed by atoms with Crippen LogP contribution in [0.25, 0.3) is 61.7 Å². The molecule has 16 aromatic rings. The highest BCUT2D eigenvalue weighted by Crippen LogP contribution is 2.30. The third-order valence-electron chi connectivity index (χ3n) is 21.0. The number of methoxy groups -OCH3 is 5. The van der Waals surface area contributed by atoms with Crippen LogP contribution in [0.1, 0.15) is 135 Å². The molecule has 0 unspecified atom stereocenters. The molecule has 0 radical (unpaired) electrons. The summed E-state index contributed by atoms with van der Waals surface area (Å²) in [7, 11) is 5.41. The van der Waals surface area contributed by atoms with E-state index in [4.69, 9.17) is 71.7 Å². The molecule has 0 bridgehead atoms. The van der Waals surface area contributed by atoms with Gasteiger partial charge < -0.3 is 63.6 Å². The molecule has 0 atom stereocenters. The van der Waals surface area contributed by atoms with E-state index in [0.29, 0.717) is 53.5 Å². The van der Waals surface area contributed by atoms with Crippen LogP contribution in [0.3, 0.4) is 0 Å². The highest BCUT2D eigenvalue weighted by atomic mass is 127. The van der Waals surface area contributed by atoms with E-state index in [1.165, 1.54) is 72.6 Å². The predicted octanol–water partition coefficient (Wildman–Crippen LogP) is 20.3. The number of nitrogens with two attached hydrogens (primary N) is 1. The van der Waals surface area contributed by atoms with Crippen LogP contribution in [-0.4, -0.2) is 185 Å². The number of hydrogen-bond acceptors (Lipinski definition) is 21. The first kappa shape index (κ1) is 106. The van der Waals surface area contributed by atoms with Crippen molar-refractivity contribution >= 4 is 162 Å². The van der Waals surface area contributed by atoms with Gasteiger partial charge in [0.05, 0.1) is 98.2 Å². The number of nitrogens with zero attached hydrogens (tertiary/aromatic N) is 12. The van der Waals surface area contributed by atoms with Crippen molar-refractivity contribution in [1.82, 2.24) is 57.2 Å². The fourth-order valence-corrected chi connectivity index (χ4v) is 15.4. The molecule has 708 valence electrons. The maximum atomic E-state index is 12.8. The fourth-order valence-electron chi connectivity index (χ4n) is 14.1. The van der Waals surface area contributed by atoms with Gasteiger partial charge in [0.15, 0.2) is 0 Å². The molecule has 5 N–H and O–H groups in total. The number of fused-ring (bicyclic) bond motifs is 5. The van der Waals surface area contributed by atoms with Crippen LogP contribution < -0.4 is 21.3 Å². The van der Waals surface area contributed by atoms with E-state index < -0.39 is 29.5 Å². The molecule has 29 nitrogen and oxygen atoms in total. The number of carbonyl (C=O) groups is 6. The minimum Gasteiger partial charge on any atom is -0.497 e. The number of anilines is 1. The predicted molar refractivity (Wildman–Crippen MR) is 539 cm³/mol. The molecular weight excluding hydrogens is 1940 g/mol. The van der Waals surface area contributed by atoms with Gasteiger partial charge in [0.2, 0.25) is 5.82 Å². The van der Waals surface area contributed by atoms with Crippen LogP contribution in [-0.2, 0) is 18.9 Å². The number of nitrogen functional groups attached to an aromatic ring is 1. The van der Waals surface area contributed by atoms with Crippen LogP contribution in [0.4, 0.5) is 15.8 Å². The third-order valence-corrected chi connectivity index (χ3v) is 22.7. The Balaban J connectivity index is 0.000000176. The third kappa shape index (κ3) is 29.7. The molecule has 3 fully saturated rings. The van der Waals surface area contributed by atoms with Crippen molar-refractivity contribution < 1.29 is 71.8 Å². The Kier molecular flexibility index (Phi) is 41.3. The number of rotatable bonds is 12. The van der Waals surface area contributed by atoms with Crippen molar-refractivity contribution in [2.75, 3.05) is 80.6 Å². The van der Waals surface area contributed by atoms with Gasteiger partial charge in [-0.1, -0.05) is 110 Å². The van der Waals surface area contributed by atoms with Gasteiger partial charge in [-0.25, -0.2) is 39.1 Å². The Morgan fingerprint density at radius 2 is 0.904 bits per heavy atom. The summed E-state index contributed by atoms with van der Waals surface area (Å²) >= 11 is 25.9. The summed E-state index contributed by atoms with van der Waals surface area (Å²) in [5.41, 5.74) is 17.7. The summed E-state index contributed by atoms with van der Waals surface area (Å²) in [6.45, 7) is 5.96. The smallest absolute Gasteiger partial charge is 0.488 e. The number of amides is 2. The van der Waals surface area contributed by atoms with Crippen LogP contribution in [0.2, 0.25) is 20.1 Å². The van der Waals surface area contributed by atoms with E-state index in [1.54, 1.807) is 111 Å². The van der Waals surface area contributed by atoms with E-state index in [0.717, 1.165) is 154 Å². The number of ether oxygens (including phenoxy) is 5. The van der Waals surface area contributed by atoms with Crippen molar-refractivity contribution in [3.63, 3.8) is 0 Å². The van der Waals surface area contributed by atoms with Crippen molar-refractivity contribution in [3.8, 4) is 34.0 Å². The lowest BCUT2D eigenvalue weighted by Crippen LogP contribution is -2.35. The van der Waals surface area contributed by atoms with Gasteiger partial charge in [0.1, 0.15) is 32.0 Å². The highest BCUT2D eigenvalue weighted by molar-refractivity contribution is 14.1. The van der Waals surface area contributed by atoms with E-state index in [1.807, 2.05) is 174 Å². The number of aromatic nitrogens is 9. The molecule has 3 saturated heterocycles. The van der Waals surface area contributed by atoms with Gasteiger partial charge in [-0.2, -0.15) is 4.39 Å². The molecule has 136 heavy (non-hydrogen) atoms. The maximum Gasteiger partial charge on any atom is 0.488 e. The zero-order valence-corrected chi connectivity index (χ0v) is 78.8. The average molecular weight is 2040 g/mol. The molecule has 0 aliphatic carbocycles. The van der Waals surface area contributed by atoms with Crippen LogP contribution >= 0.6 is 69.0 Å². The first-order valence-corrected chi connectivity index (χ1v) is 44.8. The van der Waals surface area contributed by atoms with Crippen molar-refractivity contribution in [1.29, 1.82) is 0 Å². The van der Waals surface area contributed by atoms with Gasteiger partial charge in [-0.05, 0) is 256 Å². The van der Waals surface area contributed by atoms with Crippen LogP contribution in [0.5, 0.6) is 5.75 Å². The average Bonchev–Trinajstić information content (AvgIpc) is 1.65. The fraction of sp³-hybridized carbons (Fsp3) is 0.220. The maximum absolute atomic E-state index is 12.8. The lowest BCUT2D eigenvalue weighted by atomic mass is 9.81. The van der Waals surface area contributed by atoms with Crippen molar-refractivity contribution in [2.24, 2.45) is 0 Å². The van der Waals surface area contributed by atoms with Gasteiger partial charge in [-0.3, -0.25) is 32.9 Å². The zero-order valence-electron chi connectivity index (χ0n) is 73.6. The number of hydrogen-bond donors (Lipinski definition) is 4. The SMILES string of the molecule is C.C.C1CCNCC1.COC(=O)c1ccc(F)c([N+](=O)[O-])c1.COC(=O)c1ccn2c(-c3cccc(Cl)c3)cnc2c1.COC(=O)c1ccn2c(I)cnc2c1.COC(=O)c1ccn2ccnc2c1.COc1ccc(N)cc1.O=C(c1ccc2c(ccn2-c2cccc(Cl)c2)c1)N1CCCCC1.O=C(c1ccn2c(-c3cccc(Cl)c3)cnc2c1)N1CCCCC1.OB(O)c1cccc(Cl)c1. The number of nitrogens with one attached hydrogen (secondary N) is 1. The number of esters is 4. The second-order valence-corrected chi connectivity index (χ2v) is 32.8. The molecular formula is C100H103BCl4FIN14O15. The number of nitro groups is 1. The topological polar surface area (TPSA) is 351 Å². The standard InChI is InChI=1S/C20H19ClN2O.C19H18ClN3O.C15H11ClN2O2.C9H7IN2O2.C9H8N2O2.C8H6FNO4.C7H9NO.C6H6BClO2.C5H11N.2CH4/c21-17-5-4-6-18(14-17)23-12-9-15-13-16(7-8-19(15)23)20(24)22-10-2-1-3-11-22;20-16-6-4-5-14(11-16)17-13-21-18-12-15(7-10-23(17)18)19(24)22-8-2-1-3-9-22;1-20-15(19)11-5-6-18-13(9-17-14(18)8-11)10-3-2-4-12(16)7-10;1-14-9(13)6-2-3-12-7(10)5-11-8(12)4-6;1-13-9(12)7-2-4-11-5-3-10-8(11)6-7;1-14-8(11)5-2-3-6(9)7(4-5)10(12)13;1-9-7-4-2-6(8)3-5-7;8-6-3-1-2-5(4-6)7(9)10;1-2-4-6-5-3-1;;/h4-9,12-14H,1-3,10-11H2;4-7,10-13H,1-3,8-9H2;2-9H,1H3;2-5H,1H3;2-6H,1H3;2-4H,1H3;2-5H,8H2,1H3;1-4,9-10H;6H,1-5H2;2*1H4. The van der Waals surface area contributed by atoms with E-state index >= 15 is 0 Å². The minimum absolute atomic E-state index is 0. The van der Waals surface area contributed by atoms with Crippen molar-refractivity contribution in [3.05, 3.63) is 347 Å². The molecule has 36 heteroatoms. The lowest BCUT2D eigenvalue weighted by Gasteiger charge is -2.26. The van der Waals surface area contributed by atoms with Gasteiger partial charge >= 0.3 is 36.7 Å². The Morgan fingerprint density at radius 1 is 0.463 bits per heavy atom. The van der Waals surface area contributed by atoms with E-state index in [-0.39, 0.29) is 50.1 Å². The monoisotopic (exact) mass is 2040 g/mol. The molecule has 12 heterocycles. The Bertz CT molecular complexity index is 6560. The number of pyridine rings is 4. The van der Waals surface area contributed by atoms with Gasteiger partial charge in [-0.15, -0.1) is 0 Å². The number of halogens is 6. The molecule has 7 aromatic carbocycles. The zero-order chi connectivity index (χ0) is 95.7. The first-order valence-electron chi connectivity index (χ1n) is 42.2. The second-order valence-electron chi connectivity index (χ2n) is 30.0. The Hall–Kier alpha value is -13.6. The summed E-state index contributed by atoms with van der Waals surface area (Å²) in [4.78, 5) is 100. The first-order chi connectivity index (χ1) is 64.7. The molecule has 0 spiro atoms. The summed E-state index contributed by atoms with van der Waals surface area (Å²) < 4.78 is 46.6. The van der Waals surface area contributed by atoms with Crippen LogP contribution in [0, 0.1) is 19.6 Å². The van der Waals surface area contributed by atoms with Gasteiger partial charge in [0.25, 0.3) is 11.8 Å².